The number of H-pyrrole nitrogens is 1. The van der Waals surface area contributed by atoms with Crippen molar-refractivity contribution in [3.05, 3.63) is 40.4 Å². The van der Waals surface area contributed by atoms with E-state index in [1.54, 1.807) is 6.07 Å². The van der Waals surface area contributed by atoms with Crippen LogP contribution in [-0.4, -0.2) is 9.97 Å². The van der Waals surface area contributed by atoms with E-state index in [1.165, 1.54) is 12.8 Å². The number of aryl methyl sites for hydroxylation is 1. The molecule has 16 heavy (non-hydrogen) atoms. The molecule has 0 radical (unpaired) electrons. The van der Waals surface area contributed by atoms with E-state index in [4.69, 9.17) is 0 Å². The number of nitrogens with one attached hydrogen (secondary N) is 1. The molecular formula is C13H16N2O. The molecule has 84 valence electrons. The molecule has 0 aliphatic heterocycles. The predicted octanol–water partition coefficient (Wildman–Crippen LogP) is 2.66. The lowest BCUT2D eigenvalue weighted by Gasteiger charge is -2.02. The molecule has 0 saturated carbocycles. The molecule has 0 bridgehead atoms. The molecule has 1 N–H and O–H groups in total. The Morgan fingerprint density at radius 3 is 2.88 bits per heavy atom. The van der Waals surface area contributed by atoms with Gasteiger partial charge in [-0.2, -0.15) is 0 Å². The third-order valence-electron chi connectivity index (χ3n) is 2.68. The maximum atomic E-state index is 11.7. The van der Waals surface area contributed by atoms with Crippen molar-refractivity contribution in [1.82, 2.24) is 9.97 Å². The number of aromatic amines is 1. The van der Waals surface area contributed by atoms with E-state index >= 15 is 0 Å². The number of fused-ring (bicyclic) bond motifs is 1. The number of benzene rings is 1. The molecule has 0 aliphatic rings. The first-order valence-corrected chi connectivity index (χ1v) is 5.79. The number of unbranched alkanes of at least 4 members (excludes halogenated alkanes) is 2. The van der Waals surface area contributed by atoms with E-state index in [1.807, 2.05) is 18.2 Å². The van der Waals surface area contributed by atoms with Crippen LogP contribution in [0.25, 0.3) is 10.9 Å². The summed E-state index contributed by atoms with van der Waals surface area (Å²) in [7, 11) is 0. The van der Waals surface area contributed by atoms with Gasteiger partial charge >= 0.3 is 0 Å². The van der Waals surface area contributed by atoms with Crippen molar-refractivity contribution >= 4 is 10.9 Å². The summed E-state index contributed by atoms with van der Waals surface area (Å²) in [4.78, 5) is 19.0. The molecule has 0 unspecified atom stereocenters. The smallest absolute Gasteiger partial charge is 0.258 e. The number of hydrogen-bond donors (Lipinski definition) is 1. The van der Waals surface area contributed by atoms with E-state index in [9.17, 15) is 4.79 Å². The first kappa shape index (κ1) is 10.9. The first-order chi connectivity index (χ1) is 7.81. The molecular weight excluding hydrogens is 200 g/mol. The third-order valence-corrected chi connectivity index (χ3v) is 2.68. The van der Waals surface area contributed by atoms with Gasteiger partial charge in [0.15, 0.2) is 0 Å². The minimum Gasteiger partial charge on any atom is -0.310 e. The fourth-order valence-corrected chi connectivity index (χ4v) is 1.80. The van der Waals surface area contributed by atoms with E-state index in [0.717, 1.165) is 24.2 Å². The second-order valence-electron chi connectivity index (χ2n) is 3.99. The third kappa shape index (κ3) is 2.30. The SMILES string of the molecule is CCCCCc1nc2ccccc2c(=O)[nH]1. The Balaban J connectivity index is 2.31. The van der Waals surface area contributed by atoms with E-state index < -0.39 is 0 Å². The minimum absolute atomic E-state index is 0.0305. The molecule has 2 rings (SSSR count). The van der Waals surface area contributed by atoms with E-state index in [-0.39, 0.29) is 5.56 Å². The van der Waals surface area contributed by atoms with Gasteiger partial charge in [0.2, 0.25) is 0 Å². The lowest BCUT2D eigenvalue weighted by Crippen LogP contribution is -2.11. The van der Waals surface area contributed by atoms with E-state index in [0.29, 0.717) is 5.39 Å². The van der Waals surface area contributed by atoms with Crippen LogP contribution in [-0.2, 0) is 6.42 Å². The molecule has 0 atom stereocenters. The summed E-state index contributed by atoms with van der Waals surface area (Å²) in [6.07, 6.45) is 4.29. The van der Waals surface area contributed by atoms with Gasteiger partial charge in [0.1, 0.15) is 5.82 Å². The molecule has 1 aromatic carbocycles. The number of nitrogens with zero attached hydrogens (tertiary/aromatic N) is 1. The number of rotatable bonds is 4. The van der Waals surface area contributed by atoms with E-state index in [2.05, 4.69) is 16.9 Å². The van der Waals surface area contributed by atoms with Gasteiger partial charge in [-0.3, -0.25) is 4.79 Å². The fraction of sp³-hybridized carbons (Fsp3) is 0.385. The van der Waals surface area contributed by atoms with Crippen molar-refractivity contribution in [3.63, 3.8) is 0 Å². The standard InChI is InChI=1S/C13H16N2O/c1-2-3-4-9-12-14-11-8-6-5-7-10(11)13(16)15-12/h5-8H,2-4,9H2,1H3,(H,14,15,16). The molecule has 0 aliphatic carbocycles. The molecule has 1 heterocycles. The van der Waals surface area contributed by atoms with Crippen LogP contribution in [0.4, 0.5) is 0 Å². The lowest BCUT2D eigenvalue weighted by atomic mass is 10.2. The van der Waals surface area contributed by atoms with Gasteiger partial charge in [0.05, 0.1) is 10.9 Å². The van der Waals surface area contributed by atoms with Gasteiger partial charge in [0.25, 0.3) is 5.56 Å². The van der Waals surface area contributed by atoms with Gasteiger partial charge in [-0.1, -0.05) is 31.9 Å². The topological polar surface area (TPSA) is 45.8 Å². The second-order valence-corrected chi connectivity index (χ2v) is 3.99. The van der Waals surface area contributed by atoms with Crippen molar-refractivity contribution in [2.45, 2.75) is 32.6 Å². The summed E-state index contributed by atoms with van der Waals surface area (Å²) < 4.78 is 0. The highest BCUT2D eigenvalue weighted by atomic mass is 16.1. The summed E-state index contributed by atoms with van der Waals surface area (Å²) in [5.74, 6) is 0.803. The zero-order valence-corrected chi connectivity index (χ0v) is 9.49. The summed E-state index contributed by atoms with van der Waals surface area (Å²) in [5.41, 5.74) is 0.759. The van der Waals surface area contributed by atoms with Gasteiger partial charge in [-0.05, 0) is 18.6 Å². The van der Waals surface area contributed by atoms with Crippen LogP contribution < -0.4 is 5.56 Å². The Kier molecular flexibility index (Phi) is 3.34. The Morgan fingerprint density at radius 2 is 2.06 bits per heavy atom. The highest BCUT2D eigenvalue weighted by molar-refractivity contribution is 5.77. The summed E-state index contributed by atoms with van der Waals surface area (Å²) in [5, 5.41) is 0.668. The molecule has 0 amide bonds. The highest BCUT2D eigenvalue weighted by Crippen LogP contribution is 2.07. The second kappa shape index (κ2) is 4.92. The van der Waals surface area contributed by atoms with Crippen molar-refractivity contribution in [2.75, 3.05) is 0 Å². The Hall–Kier alpha value is -1.64. The lowest BCUT2D eigenvalue weighted by molar-refractivity contribution is 0.694. The number of para-hydroxylation sites is 1. The quantitative estimate of drug-likeness (QED) is 0.798. The number of hydrogen-bond acceptors (Lipinski definition) is 2. The Labute approximate surface area is 94.5 Å². The minimum atomic E-state index is -0.0305. The predicted molar refractivity (Wildman–Crippen MR) is 65.6 cm³/mol. The highest BCUT2D eigenvalue weighted by Gasteiger charge is 2.02. The maximum Gasteiger partial charge on any atom is 0.258 e. The molecule has 0 saturated heterocycles. The van der Waals surface area contributed by atoms with Crippen LogP contribution in [0, 0.1) is 0 Å². The summed E-state index contributed by atoms with van der Waals surface area (Å²) >= 11 is 0. The van der Waals surface area contributed by atoms with Crippen molar-refractivity contribution in [1.29, 1.82) is 0 Å². The first-order valence-electron chi connectivity index (χ1n) is 5.79. The summed E-state index contributed by atoms with van der Waals surface area (Å²) in [6.45, 7) is 2.16. The van der Waals surface area contributed by atoms with Gasteiger partial charge in [-0.25, -0.2) is 4.98 Å². The van der Waals surface area contributed by atoms with Crippen molar-refractivity contribution < 1.29 is 0 Å². The normalized spacial score (nSPS) is 10.8. The molecule has 3 nitrogen and oxygen atoms in total. The van der Waals surface area contributed by atoms with Gasteiger partial charge < -0.3 is 4.98 Å². The van der Waals surface area contributed by atoms with Crippen LogP contribution >= 0.6 is 0 Å². The largest absolute Gasteiger partial charge is 0.310 e. The van der Waals surface area contributed by atoms with Crippen LogP contribution in [0.5, 0.6) is 0 Å². The van der Waals surface area contributed by atoms with Crippen LogP contribution in [0.2, 0.25) is 0 Å². The van der Waals surface area contributed by atoms with Crippen LogP contribution in [0.1, 0.15) is 32.0 Å². The van der Waals surface area contributed by atoms with Crippen LogP contribution in [0.3, 0.4) is 0 Å². The molecule has 1 aromatic heterocycles. The molecule has 3 heteroatoms. The molecule has 0 spiro atoms. The van der Waals surface area contributed by atoms with Crippen molar-refractivity contribution in [3.8, 4) is 0 Å². The zero-order chi connectivity index (χ0) is 11.4. The average Bonchev–Trinajstić information content (AvgIpc) is 2.30. The summed E-state index contributed by atoms with van der Waals surface area (Å²) in [6, 6.07) is 7.45. The zero-order valence-electron chi connectivity index (χ0n) is 9.49. The maximum absolute atomic E-state index is 11.7. The number of aromatic nitrogens is 2. The Bertz CT molecular complexity index is 531. The van der Waals surface area contributed by atoms with Gasteiger partial charge in [-0.15, -0.1) is 0 Å². The van der Waals surface area contributed by atoms with Crippen molar-refractivity contribution in [2.24, 2.45) is 0 Å². The molecule has 0 fully saturated rings. The van der Waals surface area contributed by atoms with Gasteiger partial charge in [0, 0.05) is 6.42 Å². The average molecular weight is 216 g/mol. The Morgan fingerprint density at radius 1 is 1.25 bits per heavy atom. The molecule has 2 aromatic rings. The monoisotopic (exact) mass is 216 g/mol. The fourth-order valence-electron chi connectivity index (χ4n) is 1.80. The van der Waals surface area contributed by atoms with Crippen LogP contribution in [0.15, 0.2) is 29.1 Å².